The summed E-state index contributed by atoms with van der Waals surface area (Å²) in [5.41, 5.74) is 5.44. The van der Waals surface area contributed by atoms with E-state index in [1.54, 1.807) is 0 Å². The van der Waals surface area contributed by atoms with E-state index in [4.69, 9.17) is 10.5 Å². The van der Waals surface area contributed by atoms with Crippen LogP contribution < -0.4 is 5.73 Å². The Morgan fingerprint density at radius 3 is 2.53 bits per heavy atom. The second kappa shape index (κ2) is 7.92. The van der Waals surface area contributed by atoms with Gasteiger partial charge in [0.25, 0.3) is 0 Å². The van der Waals surface area contributed by atoms with E-state index in [-0.39, 0.29) is 6.54 Å². The van der Waals surface area contributed by atoms with E-state index >= 15 is 0 Å². The fourth-order valence-electron chi connectivity index (χ4n) is 2.03. The lowest BCUT2D eigenvalue weighted by Crippen LogP contribution is -2.44. The van der Waals surface area contributed by atoms with Crippen LogP contribution in [0.2, 0.25) is 0 Å². The molecule has 1 aromatic rings. The molecule has 0 heterocycles. The Morgan fingerprint density at radius 1 is 1.32 bits per heavy atom. The molecule has 0 aromatic heterocycles. The fraction of sp³-hybridized carbons (Fsp3) is 0.533. The molecule has 1 rings (SSSR count). The van der Waals surface area contributed by atoms with Crippen LogP contribution in [0.5, 0.6) is 0 Å². The molecule has 0 bridgehead atoms. The van der Waals surface area contributed by atoms with Gasteiger partial charge in [-0.05, 0) is 18.4 Å². The number of hydrogen-bond acceptors (Lipinski definition) is 3. The quantitative estimate of drug-likeness (QED) is 0.671. The van der Waals surface area contributed by atoms with Crippen LogP contribution in [0.1, 0.15) is 31.7 Å². The predicted octanol–water partition coefficient (Wildman–Crippen LogP) is 2.17. The highest BCUT2D eigenvalue weighted by molar-refractivity contribution is 5.81. The molecule has 0 radical (unpaired) electrons. The average Bonchev–Trinajstić information content (AvgIpc) is 2.44. The molecule has 1 aromatic carbocycles. The van der Waals surface area contributed by atoms with E-state index in [0.717, 1.165) is 18.4 Å². The third kappa shape index (κ3) is 4.04. The number of carboxylic acid groups (broad SMARTS) is 1. The maximum atomic E-state index is 11.6. The highest BCUT2D eigenvalue weighted by Gasteiger charge is 2.38. The minimum Gasteiger partial charge on any atom is -0.481 e. The summed E-state index contributed by atoms with van der Waals surface area (Å²) >= 11 is 0. The number of ether oxygens (including phenoxy) is 1. The van der Waals surface area contributed by atoms with E-state index < -0.39 is 11.4 Å². The molecule has 1 unspecified atom stereocenters. The SMILES string of the molecule is CCCCOCCC(CN)(C(=O)O)c1ccccc1. The first-order chi connectivity index (χ1) is 9.17. The molecule has 0 amide bonds. The summed E-state index contributed by atoms with van der Waals surface area (Å²) in [5.74, 6) is -0.889. The molecule has 19 heavy (non-hydrogen) atoms. The summed E-state index contributed by atoms with van der Waals surface area (Å²) in [6, 6.07) is 9.16. The van der Waals surface area contributed by atoms with Crippen LogP contribution in [0.4, 0.5) is 0 Å². The summed E-state index contributed by atoms with van der Waals surface area (Å²) in [4.78, 5) is 11.6. The first-order valence-corrected chi connectivity index (χ1v) is 6.74. The van der Waals surface area contributed by atoms with Crippen LogP contribution in [0.25, 0.3) is 0 Å². The molecular weight excluding hydrogens is 242 g/mol. The lowest BCUT2D eigenvalue weighted by atomic mass is 9.78. The van der Waals surface area contributed by atoms with Crippen LogP contribution >= 0.6 is 0 Å². The van der Waals surface area contributed by atoms with Gasteiger partial charge in [0.05, 0.1) is 0 Å². The van der Waals surface area contributed by atoms with Crippen LogP contribution in [-0.4, -0.2) is 30.8 Å². The standard InChI is InChI=1S/C15H23NO3/c1-2-3-10-19-11-9-15(12-16,14(17)18)13-7-5-4-6-8-13/h4-8H,2-3,9-12,16H2,1H3,(H,17,18). The molecule has 106 valence electrons. The summed E-state index contributed by atoms with van der Waals surface area (Å²) < 4.78 is 5.48. The summed E-state index contributed by atoms with van der Waals surface area (Å²) in [5, 5.41) is 9.54. The maximum absolute atomic E-state index is 11.6. The van der Waals surface area contributed by atoms with Crippen LogP contribution in [0, 0.1) is 0 Å². The largest absolute Gasteiger partial charge is 0.481 e. The van der Waals surface area contributed by atoms with Crippen molar-refractivity contribution in [3.8, 4) is 0 Å². The minimum atomic E-state index is -1.05. The maximum Gasteiger partial charge on any atom is 0.315 e. The first-order valence-electron chi connectivity index (χ1n) is 6.74. The van der Waals surface area contributed by atoms with Crippen molar-refractivity contribution >= 4 is 5.97 Å². The number of nitrogens with two attached hydrogens (primary N) is 1. The topological polar surface area (TPSA) is 72.5 Å². The second-order valence-corrected chi connectivity index (χ2v) is 4.67. The number of unbranched alkanes of at least 4 members (excludes halogenated alkanes) is 1. The van der Waals surface area contributed by atoms with Gasteiger partial charge in [-0.25, -0.2) is 0 Å². The Bertz CT molecular complexity index is 380. The Morgan fingerprint density at radius 2 is 2.00 bits per heavy atom. The molecule has 0 saturated carbocycles. The summed E-state index contributed by atoms with van der Waals surface area (Å²) in [7, 11) is 0. The predicted molar refractivity (Wildman–Crippen MR) is 75.2 cm³/mol. The van der Waals surface area contributed by atoms with E-state index in [2.05, 4.69) is 6.92 Å². The van der Waals surface area contributed by atoms with E-state index in [9.17, 15) is 9.90 Å². The molecule has 1 atom stereocenters. The highest BCUT2D eigenvalue weighted by atomic mass is 16.5. The van der Waals surface area contributed by atoms with Crippen molar-refractivity contribution in [3.05, 3.63) is 35.9 Å². The third-order valence-electron chi connectivity index (χ3n) is 3.40. The van der Waals surface area contributed by atoms with Gasteiger partial charge in [0.1, 0.15) is 5.41 Å². The summed E-state index contributed by atoms with van der Waals surface area (Å²) in [6.07, 6.45) is 2.46. The van der Waals surface area contributed by atoms with Crippen molar-refractivity contribution in [1.29, 1.82) is 0 Å². The zero-order valence-electron chi connectivity index (χ0n) is 11.5. The van der Waals surface area contributed by atoms with Crippen LogP contribution in [-0.2, 0) is 14.9 Å². The van der Waals surface area contributed by atoms with Crippen LogP contribution in [0.3, 0.4) is 0 Å². The minimum absolute atomic E-state index is 0.0729. The van der Waals surface area contributed by atoms with E-state index in [1.807, 2.05) is 30.3 Å². The normalized spacial score (nSPS) is 14.0. The molecule has 3 N–H and O–H groups in total. The Kier molecular flexibility index (Phi) is 6.53. The molecule has 0 spiro atoms. The van der Waals surface area contributed by atoms with E-state index in [0.29, 0.717) is 19.6 Å². The van der Waals surface area contributed by atoms with Gasteiger partial charge in [-0.1, -0.05) is 43.7 Å². The van der Waals surface area contributed by atoms with Crippen molar-refractivity contribution < 1.29 is 14.6 Å². The van der Waals surface area contributed by atoms with Crippen molar-refractivity contribution in [2.24, 2.45) is 5.73 Å². The average molecular weight is 265 g/mol. The Labute approximate surface area is 114 Å². The fourth-order valence-corrected chi connectivity index (χ4v) is 2.03. The number of carboxylic acids is 1. The lowest BCUT2D eigenvalue weighted by Gasteiger charge is -2.28. The van der Waals surface area contributed by atoms with Gasteiger partial charge in [0.15, 0.2) is 0 Å². The smallest absolute Gasteiger partial charge is 0.315 e. The molecule has 0 aliphatic carbocycles. The molecule has 0 saturated heterocycles. The zero-order chi connectivity index (χ0) is 14.1. The van der Waals surface area contributed by atoms with Gasteiger partial charge in [0, 0.05) is 19.8 Å². The molecule has 0 aliphatic heterocycles. The monoisotopic (exact) mass is 265 g/mol. The number of aliphatic carboxylic acids is 1. The molecule has 0 aliphatic rings. The highest BCUT2D eigenvalue weighted by Crippen LogP contribution is 2.27. The van der Waals surface area contributed by atoms with Crippen molar-refractivity contribution in [1.82, 2.24) is 0 Å². The molecule has 4 heteroatoms. The van der Waals surface area contributed by atoms with Gasteiger partial charge in [0.2, 0.25) is 0 Å². The number of hydrogen-bond donors (Lipinski definition) is 2. The third-order valence-corrected chi connectivity index (χ3v) is 3.40. The van der Waals surface area contributed by atoms with Gasteiger partial charge in [-0.15, -0.1) is 0 Å². The second-order valence-electron chi connectivity index (χ2n) is 4.67. The zero-order valence-corrected chi connectivity index (χ0v) is 11.5. The Balaban J connectivity index is 2.74. The van der Waals surface area contributed by atoms with Gasteiger partial charge in [-0.2, -0.15) is 0 Å². The van der Waals surface area contributed by atoms with Crippen molar-refractivity contribution in [2.45, 2.75) is 31.6 Å². The Hall–Kier alpha value is -1.39. The number of benzene rings is 1. The molecule has 0 fully saturated rings. The number of carbonyl (C=O) groups is 1. The molecule has 4 nitrogen and oxygen atoms in total. The van der Waals surface area contributed by atoms with E-state index in [1.165, 1.54) is 0 Å². The summed E-state index contributed by atoms with van der Waals surface area (Å²) in [6.45, 7) is 3.25. The first kappa shape index (κ1) is 15.7. The van der Waals surface area contributed by atoms with Gasteiger partial charge in [-0.3, -0.25) is 4.79 Å². The van der Waals surface area contributed by atoms with Crippen molar-refractivity contribution in [2.75, 3.05) is 19.8 Å². The molecular formula is C15H23NO3. The van der Waals surface area contributed by atoms with Crippen LogP contribution in [0.15, 0.2) is 30.3 Å². The van der Waals surface area contributed by atoms with Gasteiger partial charge >= 0.3 is 5.97 Å². The van der Waals surface area contributed by atoms with Gasteiger partial charge < -0.3 is 15.6 Å². The number of rotatable bonds is 9. The van der Waals surface area contributed by atoms with Crippen molar-refractivity contribution in [3.63, 3.8) is 0 Å². The lowest BCUT2D eigenvalue weighted by molar-refractivity contribution is -0.144.